The van der Waals surface area contributed by atoms with Gasteiger partial charge in [0.2, 0.25) is 0 Å². The van der Waals surface area contributed by atoms with E-state index >= 15 is 0 Å². The molecule has 0 aliphatic carbocycles. The molecule has 1 saturated heterocycles. The Morgan fingerprint density at radius 1 is 1.17 bits per heavy atom. The molecule has 1 fully saturated rings. The molecule has 7 nitrogen and oxygen atoms in total. The molecule has 1 aliphatic heterocycles. The predicted octanol–water partition coefficient (Wildman–Crippen LogP) is 2.69. The Bertz CT molecular complexity index is 991. The third-order valence-electron chi connectivity index (χ3n) is 5.35. The number of hydrogen-bond acceptors (Lipinski definition) is 5. The van der Waals surface area contributed by atoms with Gasteiger partial charge in [-0.3, -0.25) is 4.79 Å². The smallest absolute Gasteiger partial charge is 0.279 e. The first-order chi connectivity index (χ1) is 14.6. The van der Waals surface area contributed by atoms with Gasteiger partial charge in [0, 0.05) is 25.6 Å². The van der Waals surface area contributed by atoms with Crippen LogP contribution in [-0.2, 0) is 11.8 Å². The number of nitrogens with one attached hydrogen (secondary N) is 2. The Morgan fingerprint density at radius 2 is 1.90 bits per heavy atom. The minimum absolute atomic E-state index is 0.000820. The molecule has 4 rings (SSSR count). The summed E-state index contributed by atoms with van der Waals surface area (Å²) in [4.78, 5) is 13.9. The fraction of sp³-hybridized carbons (Fsp3) is 0.318. The Morgan fingerprint density at radius 3 is 2.60 bits per heavy atom. The Hall–Kier alpha value is -2.84. The number of benzene rings is 2. The molecule has 0 radical (unpaired) electrons. The van der Waals surface area contributed by atoms with Gasteiger partial charge < -0.3 is 19.5 Å². The topological polar surface area (TPSA) is 73.5 Å². The van der Waals surface area contributed by atoms with E-state index in [4.69, 9.17) is 4.74 Å². The summed E-state index contributed by atoms with van der Waals surface area (Å²) in [5.74, 6) is 2.48. The van der Waals surface area contributed by atoms with Gasteiger partial charge in [-0.2, -0.15) is 0 Å². The highest BCUT2D eigenvalue weighted by Crippen LogP contribution is 2.23. The van der Waals surface area contributed by atoms with Crippen molar-refractivity contribution in [2.24, 2.45) is 7.05 Å². The summed E-state index contributed by atoms with van der Waals surface area (Å²) in [5, 5.41) is 12.5. The lowest BCUT2D eigenvalue weighted by Crippen LogP contribution is -3.11. The predicted molar refractivity (Wildman–Crippen MR) is 117 cm³/mol. The van der Waals surface area contributed by atoms with E-state index in [9.17, 15) is 4.79 Å². The minimum atomic E-state index is 0.000820. The van der Waals surface area contributed by atoms with Crippen LogP contribution in [0.5, 0.6) is 11.5 Å². The van der Waals surface area contributed by atoms with Crippen molar-refractivity contribution in [2.75, 3.05) is 24.7 Å². The normalized spacial score (nSPS) is 18.3. The summed E-state index contributed by atoms with van der Waals surface area (Å²) in [6.45, 7) is 1.37. The van der Waals surface area contributed by atoms with Gasteiger partial charge >= 0.3 is 0 Å². The number of hydrogen-bond donors (Lipinski definition) is 2. The Kier molecular flexibility index (Phi) is 6.35. The molecule has 156 valence electrons. The van der Waals surface area contributed by atoms with E-state index in [1.54, 1.807) is 11.8 Å². The first-order valence-corrected chi connectivity index (χ1v) is 11.3. The van der Waals surface area contributed by atoms with Gasteiger partial charge in [0.15, 0.2) is 17.5 Å². The van der Waals surface area contributed by atoms with Crippen LogP contribution in [-0.4, -0.2) is 40.0 Å². The lowest BCUT2D eigenvalue weighted by Gasteiger charge is -2.20. The molecular weight excluding hydrogens is 398 g/mol. The summed E-state index contributed by atoms with van der Waals surface area (Å²) in [5.41, 5.74) is 0.763. The number of anilines is 1. The van der Waals surface area contributed by atoms with Crippen LogP contribution in [0.15, 0.2) is 59.8 Å². The summed E-state index contributed by atoms with van der Waals surface area (Å²) >= 11 is 1.58. The molecule has 2 heterocycles. The molecule has 0 spiro atoms. The van der Waals surface area contributed by atoms with E-state index in [2.05, 4.69) is 15.5 Å². The highest BCUT2D eigenvalue weighted by molar-refractivity contribution is 7.98. The van der Waals surface area contributed by atoms with Crippen molar-refractivity contribution in [3.63, 3.8) is 0 Å². The van der Waals surface area contributed by atoms with E-state index in [0.29, 0.717) is 6.54 Å². The van der Waals surface area contributed by atoms with Crippen molar-refractivity contribution in [1.29, 1.82) is 0 Å². The molecule has 1 amide bonds. The van der Waals surface area contributed by atoms with Gasteiger partial charge in [-0.25, -0.2) is 0 Å². The van der Waals surface area contributed by atoms with Gasteiger partial charge in [0.25, 0.3) is 5.91 Å². The van der Waals surface area contributed by atoms with Gasteiger partial charge in [0.05, 0.1) is 6.54 Å². The van der Waals surface area contributed by atoms with Crippen LogP contribution in [0.25, 0.3) is 0 Å². The number of aromatic nitrogens is 3. The quantitative estimate of drug-likeness (QED) is 0.571. The number of rotatable bonds is 7. The molecule has 1 aliphatic rings. The molecule has 1 unspecified atom stereocenters. The average Bonchev–Trinajstić information content (AvgIpc) is 3.35. The number of amides is 1. The number of thioether (sulfide) groups is 1. The standard InChI is InChI=1S/C22H25N5O2S/c1-26-21(24-25-22(26)30-2)19-9-6-14-27(19)15-20(28)23-16-10-12-18(13-11-16)29-17-7-4-3-5-8-17/h3-5,7-8,10-13,19H,6,9,14-15H2,1-2H3,(H,23,28)/p+1/t19-/m0/s1. The fourth-order valence-electron chi connectivity index (χ4n) is 3.88. The third-order valence-corrected chi connectivity index (χ3v) is 6.07. The van der Waals surface area contributed by atoms with Crippen LogP contribution < -0.4 is 15.0 Å². The molecule has 1 aromatic heterocycles. The maximum atomic E-state index is 12.7. The van der Waals surface area contributed by atoms with Gasteiger partial charge in [-0.15, -0.1) is 10.2 Å². The first-order valence-electron chi connectivity index (χ1n) is 10.0. The van der Waals surface area contributed by atoms with Crippen LogP contribution >= 0.6 is 11.8 Å². The molecule has 0 bridgehead atoms. The average molecular weight is 425 g/mol. The molecule has 2 N–H and O–H groups in total. The fourth-order valence-corrected chi connectivity index (χ4v) is 4.37. The molecule has 30 heavy (non-hydrogen) atoms. The number of nitrogens with zero attached hydrogens (tertiary/aromatic N) is 3. The number of quaternary nitrogens is 1. The highest BCUT2D eigenvalue weighted by Gasteiger charge is 2.35. The number of likely N-dealkylation sites (tertiary alicyclic amines) is 1. The molecule has 2 aromatic carbocycles. The molecule has 0 saturated carbocycles. The van der Waals surface area contributed by atoms with Crippen molar-refractivity contribution >= 4 is 23.4 Å². The van der Waals surface area contributed by atoms with Gasteiger partial charge in [0.1, 0.15) is 17.5 Å². The number of carbonyl (C=O) groups excluding carboxylic acids is 1. The second kappa shape index (κ2) is 9.32. The zero-order chi connectivity index (χ0) is 20.9. The van der Waals surface area contributed by atoms with E-state index in [-0.39, 0.29) is 11.9 Å². The Labute approximate surface area is 180 Å². The lowest BCUT2D eigenvalue weighted by atomic mass is 10.2. The molecule has 2 atom stereocenters. The van der Waals surface area contributed by atoms with Crippen molar-refractivity contribution in [1.82, 2.24) is 14.8 Å². The molecule has 8 heteroatoms. The summed E-state index contributed by atoms with van der Waals surface area (Å²) in [6.07, 6.45) is 4.10. The SMILES string of the molecule is CSc1nnc([C@@H]2CCC[NH+]2CC(=O)Nc2ccc(Oc3ccccc3)cc2)n1C. The second-order valence-corrected chi connectivity index (χ2v) is 8.14. The third kappa shape index (κ3) is 4.66. The monoisotopic (exact) mass is 424 g/mol. The van der Waals surface area contributed by atoms with Crippen LogP contribution in [0.2, 0.25) is 0 Å². The van der Waals surface area contributed by atoms with E-state index in [0.717, 1.165) is 47.6 Å². The van der Waals surface area contributed by atoms with Crippen LogP contribution in [0.1, 0.15) is 24.7 Å². The summed E-state index contributed by atoms with van der Waals surface area (Å²) in [7, 11) is 2.00. The number of para-hydroxylation sites is 1. The maximum absolute atomic E-state index is 12.7. The minimum Gasteiger partial charge on any atom is -0.457 e. The molecular formula is C22H26N5O2S+. The summed E-state index contributed by atoms with van der Waals surface area (Å²) < 4.78 is 7.84. The molecule has 3 aromatic rings. The first kappa shape index (κ1) is 20.4. The van der Waals surface area contributed by atoms with Crippen LogP contribution in [0.4, 0.5) is 5.69 Å². The highest BCUT2D eigenvalue weighted by atomic mass is 32.2. The largest absolute Gasteiger partial charge is 0.457 e. The van der Waals surface area contributed by atoms with Crippen LogP contribution in [0, 0.1) is 0 Å². The maximum Gasteiger partial charge on any atom is 0.279 e. The second-order valence-electron chi connectivity index (χ2n) is 7.37. The number of ether oxygens (including phenoxy) is 1. The van der Waals surface area contributed by atoms with E-state index < -0.39 is 0 Å². The van der Waals surface area contributed by atoms with Crippen molar-refractivity contribution in [3.05, 3.63) is 60.4 Å². The van der Waals surface area contributed by atoms with Gasteiger partial charge in [-0.05, 0) is 42.7 Å². The van der Waals surface area contributed by atoms with Crippen molar-refractivity contribution in [2.45, 2.75) is 24.0 Å². The van der Waals surface area contributed by atoms with Gasteiger partial charge in [-0.1, -0.05) is 30.0 Å². The van der Waals surface area contributed by atoms with Crippen LogP contribution in [0.3, 0.4) is 0 Å². The zero-order valence-electron chi connectivity index (χ0n) is 17.2. The lowest BCUT2D eigenvalue weighted by molar-refractivity contribution is -0.911. The van der Waals surface area contributed by atoms with E-state index in [1.807, 2.05) is 72.5 Å². The number of carbonyl (C=O) groups is 1. The zero-order valence-corrected chi connectivity index (χ0v) is 18.0. The van der Waals surface area contributed by atoms with Crippen molar-refractivity contribution in [3.8, 4) is 11.5 Å². The summed E-state index contributed by atoms with van der Waals surface area (Å²) in [6, 6.07) is 17.3. The van der Waals surface area contributed by atoms with Crippen molar-refractivity contribution < 1.29 is 14.4 Å². The van der Waals surface area contributed by atoms with E-state index in [1.165, 1.54) is 4.90 Å². The Balaban J connectivity index is 1.35.